The minimum absolute atomic E-state index is 0.151. The molecule has 1 aromatic rings. The molecule has 15 heavy (non-hydrogen) atoms. The van der Waals surface area contributed by atoms with Gasteiger partial charge in [-0.2, -0.15) is 0 Å². The lowest BCUT2D eigenvalue weighted by atomic mass is 10.1. The number of nitrogens with zero attached hydrogens (tertiary/aromatic N) is 2. The highest BCUT2D eigenvalue weighted by Crippen LogP contribution is 2.14. The molecule has 2 rings (SSSR count). The van der Waals surface area contributed by atoms with Crippen LogP contribution in [-0.4, -0.2) is 34.2 Å². The fraction of sp³-hybridized carbons (Fsp3) is 0.545. The van der Waals surface area contributed by atoms with Crippen molar-refractivity contribution in [1.29, 1.82) is 0 Å². The Kier molecular flexibility index (Phi) is 3.72. The molecule has 4 heteroatoms. The van der Waals surface area contributed by atoms with E-state index in [9.17, 15) is 5.11 Å². The van der Waals surface area contributed by atoms with Crippen molar-refractivity contribution < 1.29 is 5.11 Å². The maximum absolute atomic E-state index is 9.54. The van der Waals surface area contributed by atoms with Crippen molar-refractivity contribution >= 4 is 15.9 Å². The van der Waals surface area contributed by atoms with Crippen LogP contribution in [0.2, 0.25) is 0 Å². The van der Waals surface area contributed by atoms with Crippen LogP contribution in [0, 0.1) is 0 Å². The van der Waals surface area contributed by atoms with Crippen LogP contribution in [0.15, 0.2) is 22.9 Å². The van der Waals surface area contributed by atoms with Gasteiger partial charge in [-0.05, 0) is 46.9 Å². The van der Waals surface area contributed by atoms with Gasteiger partial charge in [0, 0.05) is 19.3 Å². The van der Waals surface area contributed by atoms with Crippen molar-refractivity contribution in [3.63, 3.8) is 0 Å². The number of likely N-dealkylation sites (tertiary alicyclic amines) is 1. The SMILES string of the molecule is O[C@H]1CCCN(Cc2ccc(Br)nc2)C1. The van der Waals surface area contributed by atoms with Crippen molar-refractivity contribution in [2.24, 2.45) is 0 Å². The molecule has 0 spiro atoms. The number of aliphatic hydroxyl groups excluding tert-OH is 1. The maximum Gasteiger partial charge on any atom is 0.106 e. The van der Waals surface area contributed by atoms with Gasteiger partial charge in [-0.3, -0.25) is 4.90 Å². The first-order valence-corrected chi connectivity index (χ1v) is 6.04. The van der Waals surface area contributed by atoms with Gasteiger partial charge < -0.3 is 5.11 Å². The molecular formula is C11H15BrN2O. The molecule has 1 aliphatic heterocycles. The predicted molar refractivity (Wildman–Crippen MR) is 62.5 cm³/mol. The van der Waals surface area contributed by atoms with E-state index in [1.54, 1.807) is 0 Å². The van der Waals surface area contributed by atoms with Crippen LogP contribution in [0.5, 0.6) is 0 Å². The average molecular weight is 271 g/mol. The predicted octanol–water partition coefficient (Wildman–Crippen LogP) is 1.80. The number of β-amino-alcohol motifs (C(OH)–C–C–N with tert-alkyl or cyclic N) is 1. The van der Waals surface area contributed by atoms with Crippen molar-refractivity contribution in [3.05, 3.63) is 28.5 Å². The van der Waals surface area contributed by atoms with E-state index in [2.05, 4.69) is 31.9 Å². The Hall–Kier alpha value is -0.450. The Morgan fingerprint density at radius 1 is 1.53 bits per heavy atom. The van der Waals surface area contributed by atoms with Crippen molar-refractivity contribution in [1.82, 2.24) is 9.88 Å². The maximum atomic E-state index is 9.54. The smallest absolute Gasteiger partial charge is 0.106 e. The molecule has 1 fully saturated rings. The lowest BCUT2D eigenvalue weighted by molar-refractivity contribution is 0.0668. The molecule has 82 valence electrons. The van der Waals surface area contributed by atoms with Crippen molar-refractivity contribution in [2.75, 3.05) is 13.1 Å². The van der Waals surface area contributed by atoms with E-state index in [0.717, 1.165) is 37.1 Å². The minimum Gasteiger partial charge on any atom is -0.392 e. The highest BCUT2D eigenvalue weighted by atomic mass is 79.9. The summed E-state index contributed by atoms with van der Waals surface area (Å²) in [4.78, 5) is 6.47. The number of aliphatic hydroxyl groups is 1. The topological polar surface area (TPSA) is 36.4 Å². The molecule has 0 radical (unpaired) electrons. The van der Waals surface area contributed by atoms with Crippen LogP contribution in [0.25, 0.3) is 0 Å². The van der Waals surface area contributed by atoms with Gasteiger partial charge in [0.05, 0.1) is 6.10 Å². The Morgan fingerprint density at radius 2 is 2.40 bits per heavy atom. The zero-order chi connectivity index (χ0) is 10.7. The van der Waals surface area contributed by atoms with Crippen LogP contribution in [0.3, 0.4) is 0 Å². The van der Waals surface area contributed by atoms with E-state index in [4.69, 9.17) is 0 Å². The van der Waals surface area contributed by atoms with Crippen LogP contribution >= 0.6 is 15.9 Å². The van der Waals surface area contributed by atoms with E-state index < -0.39 is 0 Å². The normalized spacial score (nSPS) is 22.9. The van der Waals surface area contributed by atoms with Crippen LogP contribution in [0.1, 0.15) is 18.4 Å². The van der Waals surface area contributed by atoms with Crippen molar-refractivity contribution in [2.45, 2.75) is 25.5 Å². The van der Waals surface area contributed by atoms with Gasteiger partial charge in [-0.1, -0.05) is 6.07 Å². The summed E-state index contributed by atoms with van der Waals surface area (Å²) in [5.74, 6) is 0. The molecule has 3 nitrogen and oxygen atoms in total. The summed E-state index contributed by atoms with van der Waals surface area (Å²) >= 11 is 3.32. The molecule has 1 aliphatic rings. The van der Waals surface area contributed by atoms with Gasteiger partial charge in [-0.25, -0.2) is 4.98 Å². The van der Waals surface area contributed by atoms with Gasteiger partial charge in [0.25, 0.3) is 0 Å². The fourth-order valence-corrected chi connectivity index (χ4v) is 2.17. The van der Waals surface area contributed by atoms with E-state index in [-0.39, 0.29) is 6.10 Å². The molecule has 2 heterocycles. The third-order valence-electron chi connectivity index (χ3n) is 2.68. The number of pyridine rings is 1. The number of halogens is 1. The molecule has 0 aromatic carbocycles. The molecule has 1 saturated heterocycles. The summed E-state index contributed by atoms with van der Waals surface area (Å²) in [7, 11) is 0. The summed E-state index contributed by atoms with van der Waals surface area (Å²) in [6.07, 6.45) is 3.76. The third kappa shape index (κ3) is 3.26. The van der Waals surface area contributed by atoms with Gasteiger partial charge in [0.15, 0.2) is 0 Å². The first-order valence-electron chi connectivity index (χ1n) is 5.25. The Morgan fingerprint density at radius 3 is 3.07 bits per heavy atom. The monoisotopic (exact) mass is 270 g/mol. The van der Waals surface area contributed by atoms with Gasteiger partial charge in [0.1, 0.15) is 4.60 Å². The molecule has 1 aromatic heterocycles. The van der Waals surface area contributed by atoms with E-state index in [1.165, 1.54) is 5.56 Å². The summed E-state index contributed by atoms with van der Waals surface area (Å²) in [5.41, 5.74) is 1.20. The fourth-order valence-electron chi connectivity index (χ4n) is 1.93. The lowest BCUT2D eigenvalue weighted by Crippen LogP contribution is -2.37. The quantitative estimate of drug-likeness (QED) is 0.833. The largest absolute Gasteiger partial charge is 0.392 e. The number of hydrogen-bond acceptors (Lipinski definition) is 3. The zero-order valence-electron chi connectivity index (χ0n) is 8.56. The highest BCUT2D eigenvalue weighted by Gasteiger charge is 2.17. The number of aromatic nitrogens is 1. The summed E-state index contributed by atoms with van der Waals surface area (Å²) in [5, 5.41) is 9.54. The summed E-state index contributed by atoms with van der Waals surface area (Å²) < 4.78 is 0.866. The third-order valence-corrected chi connectivity index (χ3v) is 3.14. The number of piperidine rings is 1. The van der Waals surface area contributed by atoms with Crippen LogP contribution in [0.4, 0.5) is 0 Å². The number of rotatable bonds is 2. The Labute approximate surface area is 98.3 Å². The van der Waals surface area contributed by atoms with Gasteiger partial charge in [-0.15, -0.1) is 0 Å². The molecule has 0 saturated carbocycles. The second-order valence-corrected chi connectivity index (χ2v) is 4.83. The van der Waals surface area contributed by atoms with E-state index >= 15 is 0 Å². The van der Waals surface area contributed by atoms with Gasteiger partial charge in [0.2, 0.25) is 0 Å². The van der Waals surface area contributed by atoms with Gasteiger partial charge >= 0.3 is 0 Å². The molecule has 0 amide bonds. The average Bonchev–Trinajstić information content (AvgIpc) is 2.22. The Balaban J connectivity index is 1.93. The standard InChI is InChI=1S/C11H15BrN2O/c12-11-4-3-9(6-13-11)7-14-5-1-2-10(15)8-14/h3-4,6,10,15H,1-2,5,7-8H2/t10-/m0/s1. The van der Waals surface area contributed by atoms with Crippen molar-refractivity contribution in [3.8, 4) is 0 Å². The summed E-state index contributed by atoms with van der Waals surface area (Å²) in [6.45, 7) is 2.75. The van der Waals surface area contributed by atoms with E-state index in [1.807, 2.05) is 12.3 Å². The number of hydrogen-bond donors (Lipinski definition) is 1. The second-order valence-electron chi connectivity index (χ2n) is 4.02. The minimum atomic E-state index is -0.151. The first kappa shape index (κ1) is 11.0. The highest BCUT2D eigenvalue weighted by molar-refractivity contribution is 9.10. The second kappa shape index (κ2) is 5.05. The molecule has 1 N–H and O–H groups in total. The summed E-state index contributed by atoms with van der Waals surface area (Å²) in [6, 6.07) is 4.02. The first-order chi connectivity index (χ1) is 7.24. The molecular weight excluding hydrogens is 256 g/mol. The molecule has 0 bridgehead atoms. The molecule has 1 atom stereocenters. The Bertz CT molecular complexity index is 315. The van der Waals surface area contributed by atoms with Crippen LogP contribution in [-0.2, 0) is 6.54 Å². The van der Waals surface area contributed by atoms with E-state index in [0.29, 0.717) is 0 Å². The molecule has 0 aliphatic carbocycles. The molecule has 0 unspecified atom stereocenters. The van der Waals surface area contributed by atoms with Crippen LogP contribution < -0.4 is 0 Å². The zero-order valence-corrected chi connectivity index (χ0v) is 10.2. The lowest BCUT2D eigenvalue weighted by Gasteiger charge is -2.29.